The second-order valence-corrected chi connectivity index (χ2v) is 7.33. The monoisotopic (exact) mass is 342 g/mol. The number of likely N-dealkylation sites (tertiary alicyclic amines) is 1. The van der Waals surface area contributed by atoms with E-state index in [9.17, 15) is 5.11 Å². The van der Waals surface area contributed by atoms with Crippen LogP contribution in [0.5, 0.6) is 5.75 Å². The summed E-state index contributed by atoms with van der Waals surface area (Å²) in [5.74, 6) is 1.48. The molecule has 1 atom stereocenters. The zero-order valence-electron chi connectivity index (χ0n) is 14.7. The fraction of sp³-hybridized carbons (Fsp3) is 0.579. The molecular weight excluding hydrogens is 316 g/mol. The highest BCUT2D eigenvalue weighted by atomic mass is 16.5. The van der Waals surface area contributed by atoms with Crippen molar-refractivity contribution in [2.75, 3.05) is 25.5 Å². The molecule has 0 bridgehead atoms. The number of likely N-dealkylation sites (N-methyl/N-ethyl adjacent to an activating group) is 1. The molecule has 1 aliphatic heterocycles. The molecule has 4 rings (SSSR count). The van der Waals surface area contributed by atoms with Crippen LogP contribution in [0, 0.1) is 0 Å². The van der Waals surface area contributed by atoms with Crippen molar-refractivity contribution in [2.45, 2.75) is 50.4 Å². The third-order valence-electron chi connectivity index (χ3n) is 5.25. The molecule has 0 amide bonds. The molecule has 2 heterocycles. The van der Waals surface area contributed by atoms with Gasteiger partial charge in [-0.1, -0.05) is 12.1 Å². The first-order chi connectivity index (χ1) is 12.2. The highest BCUT2D eigenvalue weighted by Gasteiger charge is 2.23. The van der Waals surface area contributed by atoms with Gasteiger partial charge in [-0.05, 0) is 45.2 Å². The van der Waals surface area contributed by atoms with Crippen molar-refractivity contribution in [3.63, 3.8) is 0 Å². The van der Waals surface area contributed by atoms with Gasteiger partial charge in [0.15, 0.2) is 0 Å². The van der Waals surface area contributed by atoms with Gasteiger partial charge in [-0.25, -0.2) is 9.97 Å². The first-order valence-electron chi connectivity index (χ1n) is 9.23. The maximum absolute atomic E-state index is 9.65. The van der Waals surface area contributed by atoms with Crippen LogP contribution in [0.2, 0.25) is 0 Å². The highest BCUT2D eigenvalue weighted by Crippen LogP contribution is 2.28. The summed E-state index contributed by atoms with van der Waals surface area (Å²) in [7, 11) is 2.12. The van der Waals surface area contributed by atoms with Crippen LogP contribution in [0.3, 0.4) is 0 Å². The molecule has 6 heteroatoms. The minimum absolute atomic E-state index is 0.153. The number of para-hydroxylation sites is 1. The zero-order valence-corrected chi connectivity index (χ0v) is 14.7. The summed E-state index contributed by atoms with van der Waals surface area (Å²) in [4.78, 5) is 11.5. The number of hydrogen-bond donors (Lipinski definition) is 2. The van der Waals surface area contributed by atoms with Crippen LogP contribution in [-0.4, -0.2) is 58.4 Å². The number of nitrogens with one attached hydrogen (secondary N) is 1. The second-order valence-electron chi connectivity index (χ2n) is 7.33. The molecule has 1 aromatic heterocycles. The van der Waals surface area contributed by atoms with Crippen molar-refractivity contribution in [1.82, 2.24) is 14.9 Å². The van der Waals surface area contributed by atoms with Gasteiger partial charge in [-0.15, -0.1) is 0 Å². The van der Waals surface area contributed by atoms with Crippen molar-refractivity contribution in [1.29, 1.82) is 0 Å². The van der Waals surface area contributed by atoms with E-state index in [2.05, 4.69) is 22.2 Å². The second kappa shape index (κ2) is 7.14. The summed E-state index contributed by atoms with van der Waals surface area (Å²) >= 11 is 0. The van der Waals surface area contributed by atoms with E-state index in [1.54, 1.807) is 0 Å². The lowest BCUT2D eigenvalue weighted by Gasteiger charge is -2.26. The number of aliphatic hydroxyl groups is 1. The van der Waals surface area contributed by atoms with Crippen LogP contribution in [0.4, 0.5) is 5.95 Å². The number of hydrogen-bond acceptors (Lipinski definition) is 6. The lowest BCUT2D eigenvalue weighted by Crippen LogP contribution is -2.28. The number of nitrogens with zero attached hydrogens (tertiary/aromatic N) is 3. The molecule has 1 aliphatic carbocycles. The smallest absolute Gasteiger partial charge is 0.223 e. The molecule has 2 aliphatic rings. The molecule has 2 N–H and O–H groups in total. The van der Waals surface area contributed by atoms with Crippen molar-refractivity contribution >= 4 is 16.9 Å². The van der Waals surface area contributed by atoms with E-state index in [0.717, 1.165) is 61.8 Å². The van der Waals surface area contributed by atoms with Crippen molar-refractivity contribution in [3.05, 3.63) is 24.4 Å². The minimum atomic E-state index is -0.153. The Kier molecular flexibility index (Phi) is 4.72. The van der Waals surface area contributed by atoms with Gasteiger partial charge in [0.2, 0.25) is 5.95 Å². The Balaban J connectivity index is 1.53. The maximum atomic E-state index is 9.65. The van der Waals surface area contributed by atoms with Gasteiger partial charge < -0.3 is 20.1 Å². The number of rotatable bonds is 4. The lowest BCUT2D eigenvalue weighted by atomic mass is 9.93. The van der Waals surface area contributed by atoms with Crippen molar-refractivity contribution in [3.8, 4) is 5.75 Å². The maximum Gasteiger partial charge on any atom is 0.223 e. The van der Waals surface area contributed by atoms with Gasteiger partial charge >= 0.3 is 0 Å². The van der Waals surface area contributed by atoms with E-state index >= 15 is 0 Å². The first kappa shape index (κ1) is 16.5. The van der Waals surface area contributed by atoms with Gasteiger partial charge in [-0.3, -0.25) is 0 Å². The quantitative estimate of drug-likeness (QED) is 0.889. The summed E-state index contributed by atoms with van der Waals surface area (Å²) in [6.45, 7) is 2.03. The first-order valence-corrected chi connectivity index (χ1v) is 9.23. The highest BCUT2D eigenvalue weighted by molar-refractivity contribution is 5.84. The van der Waals surface area contributed by atoms with Gasteiger partial charge in [0.05, 0.1) is 6.10 Å². The van der Waals surface area contributed by atoms with Gasteiger partial charge in [0, 0.05) is 30.7 Å². The summed E-state index contributed by atoms with van der Waals surface area (Å²) in [5.41, 5.74) is 0.866. The fourth-order valence-electron chi connectivity index (χ4n) is 3.77. The predicted octanol–water partition coefficient (Wildman–Crippen LogP) is 2.43. The summed E-state index contributed by atoms with van der Waals surface area (Å²) in [5, 5.41) is 14.1. The van der Waals surface area contributed by atoms with E-state index in [-0.39, 0.29) is 12.2 Å². The largest absolute Gasteiger partial charge is 0.487 e. The Bertz CT molecular complexity index is 730. The molecule has 2 fully saturated rings. The van der Waals surface area contributed by atoms with Crippen LogP contribution in [0.25, 0.3) is 10.9 Å². The molecule has 0 spiro atoms. The van der Waals surface area contributed by atoms with Crippen LogP contribution in [-0.2, 0) is 0 Å². The Hall–Kier alpha value is -1.92. The van der Waals surface area contributed by atoms with Crippen LogP contribution >= 0.6 is 0 Å². The Morgan fingerprint density at radius 1 is 1.20 bits per heavy atom. The molecule has 25 heavy (non-hydrogen) atoms. The Morgan fingerprint density at radius 2 is 2.04 bits per heavy atom. The van der Waals surface area contributed by atoms with E-state index < -0.39 is 0 Å². The third-order valence-corrected chi connectivity index (χ3v) is 5.25. The topological polar surface area (TPSA) is 70.5 Å². The summed E-state index contributed by atoms with van der Waals surface area (Å²) in [6.07, 6.45) is 6.57. The molecule has 1 unspecified atom stereocenters. The third kappa shape index (κ3) is 3.85. The lowest BCUT2D eigenvalue weighted by molar-refractivity contribution is 0.126. The molecular formula is C19H26N4O2. The van der Waals surface area contributed by atoms with Crippen molar-refractivity contribution in [2.24, 2.45) is 0 Å². The van der Waals surface area contributed by atoms with E-state index in [4.69, 9.17) is 9.72 Å². The SMILES string of the molecule is CN1CCC(Oc2cccc3cnc(NC4CCC(O)CC4)nc23)C1. The minimum Gasteiger partial charge on any atom is -0.487 e. The molecule has 6 nitrogen and oxygen atoms in total. The van der Waals surface area contributed by atoms with E-state index in [1.807, 2.05) is 24.4 Å². The van der Waals surface area contributed by atoms with Gasteiger partial charge in [0.25, 0.3) is 0 Å². The molecule has 0 radical (unpaired) electrons. The number of aromatic nitrogens is 2. The summed E-state index contributed by atoms with van der Waals surface area (Å²) < 4.78 is 6.23. The van der Waals surface area contributed by atoms with Gasteiger partial charge in [0.1, 0.15) is 17.4 Å². The standard InChI is InChI=1S/C19H26N4O2/c1-23-10-9-16(12-23)25-17-4-2-3-13-11-20-19(22-18(13)17)21-14-5-7-15(24)8-6-14/h2-4,11,14-16,24H,5-10,12H2,1H3,(H,20,21,22). The Morgan fingerprint density at radius 3 is 2.80 bits per heavy atom. The molecule has 1 saturated heterocycles. The molecule has 1 saturated carbocycles. The van der Waals surface area contributed by atoms with E-state index in [0.29, 0.717) is 12.0 Å². The average molecular weight is 342 g/mol. The fourth-order valence-corrected chi connectivity index (χ4v) is 3.77. The van der Waals surface area contributed by atoms with E-state index in [1.165, 1.54) is 0 Å². The number of benzene rings is 1. The molecule has 134 valence electrons. The normalized spacial score (nSPS) is 27.5. The van der Waals surface area contributed by atoms with Crippen LogP contribution < -0.4 is 10.1 Å². The van der Waals surface area contributed by atoms with Crippen LogP contribution in [0.1, 0.15) is 32.1 Å². The van der Waals surface area contributed by atoms with Crippen molar-refractivity contribution < 1.29 is 9.84 Å². The number of aliphatic hydroxyl groups excluding tert-OH is 1. The Labute approximate surface area is 148 Å². The average Bonchev–Trinajstić information content (AvgIpc) is 3.02. The predicted molar refractivity (Wildman–Crippen MR) is 98.0 cm³/mol. The zero-order chi connectivity index (χ0) is 17.2. The number of fused-ring (bicyclic) bond motifs is 1. The number of ether oxygens (including phenoxy) is 1. The van der Waals surface area contributed by atoms with Gasteiger partial charge in [-0.2, -0.15) is 0 Å². The molecule has 2 aromatic rings. The van der Waals surface area contributed by atoms with Crippen LogP contribution in [0.15, 0.2) is 24.4 Å². The summed E-state index contributed by atoms with van der Waals surface area (Å²) in [6, 6.07) is 6.34. The molecule has 1 aromatic carbocycles. The number of anilines is 1.